The third kappa shape index (κ3) is 4.97. The Kier molecular flexibility index (Phi) is 4.36. The van der Waals surface area contributed by atoms with Crippen molar-refractivity contribution in [1.29, 1.82) is 0 Å². The number of amides is 1. The largest absolute Gasteiger partial charge is 0.391 e. The summed E-state index contributed by atoms with van der Waals surface area (Å²) in [5.41, 5.74) is 0.103. The average Bonchev–Trinajstić information content (AvgIpc) is 2.93. The van der Waals surface area contributed by atoms with Gasteiger partial charge in [-0.3, -0.25) is 4.79 Å². The van der Waals surface area contributed by atoms with Crippen LogP contribution in [0.2, 0.25) is 0 Å². The van der Waals surface area contributed by atoms with Crippen LogP contribution in [0.15, 0.2) is 0 Å². The van der Waals surface area contributed by atoms with Crippen LogP contribution in [-0.2, 0) is 4.79 Å². The lowest BCUT2D eigenvalue weighted by molar-refractivity contribution is -0.125. The van der Waals surface area contributed by atoms with Gasteiger partial charge in [0.05, 0.1) is 6.10 Å². The van der Waals surface area contributed by atoms with E-state index in [1.54, 1.807) is 0 Å². The quantitative estimate of drug-likeness (QED) is 0.754. The maximum atomic E-state index is 11.7. The molecule has 0 saturated heterocycles. The van der Waals surface area contributed by atoms with E-state index < -0.39 is 6.10 Å². The van der Waals surface area contributed by atoms with Crippen LogP contribution in [0.3, 0.4) is 0 Å². The van der Waals surface area contributed by atoms with E-state index >= 15 is 0 Å². The minimum atomic E-state index is -0.435. The van der Waals surface area contributed by atoms with Gasteiger partial charge < -0.3 is 10.4 Å². The average molecular weight is 227 g/mol. The zero-order valence-corrected chi connectivity index (χ0v) is 10.9. The Morgan fingerprint density at radius 2 is 2.00 bits per heavy atom. The second-order valence-electron chi connectivity index (χ2n) is 6.29. The molecule has 0 heterocycles. The molecule has 1 saturated carbocycles. The highest BCUT2D eigenvalue weighted by Gasteiger charge is 2.32. The highest BCUT2D eigenvalue weighted by Crippen LogP contribution is 2.36. The lowest BCUT2D eigenvalue weighted by Crippen LogP contribution is -2.37. The van der Waals surface area contributed by atoms with E-state index in [1.807, 2.05) is 6.92 Å². The molecule has 0 radical (unpaired) electrons. The summed E-state index contributed by atoms with van der Waals surface area (Å²) in [5.74, 6) is 0.789. The van der Waals surface area contributed by atoms with E-state index in [0.717, 1.165) is 0 Å². The number of rotatable bonds is 5. The van der Waals surface area contributed by atoms with E-state index in [0.29, 0.717) is 18.9 Å². The van der Waals surface area contributed by atoms with E-state index in [9.17, 15) is 9.90 Å². The van der Waals surface area contributed by atoms with Crippen LogP contribution in [-0.4, -0.2) is 23.7 Å². The number of hydrogen-bond acceptors (Lipinski definition) is 2. The molecule has 0 aromatic carbocycles. The smallest absolute Gasteiger partial charge is 0.223 e. The summed E-state index contributed by atoms with van der Waals surface area (Å²) in [6.45, 7) is 8.62. The third-order valence-electron chi connectivity index (χ3n) is 3.10. The topological polar surface area (TPSA) is 49.3 Å². The summed E-state index contributed by atoms with van der Waals surface area (Å²) >= 11 is 0. The molecular formula is C13H25NO2. The SMILES string of the molecule is CC(C(=O)NCC(O)CC(C)(C)C)C1CC1. The van der Waals surface area contributed by atoms with Crippen LogP contribution >= 0.6 is 0 Å². The summed E-state index contributed by atoms with van der Waals surface area (Å²) in [6, 6.07) is 0. The van der Waals surface area contributed by atoms with Crippen molar-refractivity contribution in [1.82, 2.24) is 5.32 Å². The van der Waals surface area contributed by atoms with Gasteiger partial charge in [0.2, 0.25) is 5.91 Å². The highest BCUT2D eigenvalue weighted by molar-refractivity contribution is 5.78. The molecule has 2 atom stereocenters. The van der Waals surface area contributed by atoms with Gasteiger partial charge in [0, 0.05) is 12.5 Å². The van der Waals surface area contributed by atoms with Crippen LogP contribution in [0.5, 0.6) is 0 Å². The number of carbonyl (C=O) groups is 1. The molecule has 2 unspecified atom stereocenters. The predicted molar refractivity (Wildman–Crippen MR) is 65.0 cm³/mol. The standard InChI is InChI=1S/C13H25NO2/c1-9(10-5-6-10)12(16)14-8-11(15)7-13(2,3)4/h9-11,15H,5-8H2,1-4H3,(H,14,16). The first-order chi connectivity index (χ1) is 7.29. The fraction of sp³-hybridized carbons (Fsp3) is 0.923. The molecule has 3 heteroatoms. The summed E-state index contributed by atoms with van der Waals surface area (Å²) in [7, 11) is 0. The molecule has 1 amide bonds. The zero-order valence-electron chi connectivity index (χ0n) is 10.9. The molecule has 0 aromatic rings. The van der Waals surface area contributed by atoms with Gasteiger partial charge in [-0.25, -0.2) is 0 Å². The third-order valence-corrected chi connectivity index (χ3v) is 3.10. The molecule has 3 nitrogen and oxygen atoms in total. The van der Waals surface area contributed by atoms with Crippen molar-refractivity contribution in [2.24, 2.45) is 17.3 Å². The van der Waals surface area contributed by atoms with Crippen molar-refractivity contribution in [3.63, 3.8) is 0 Å². The summed E-state index contributed by atoms with van der Waals surface area (Å²) in [6.07, 6.45) is 2.64. The van der Waals surface area contributed by atoms with E-state index in [4.69, 9.17) is 0 Å². The summed E-state index contributed by atoms with van der Waals surface area (Å²) in [4.78, 5) is 11.7. The number of nitrogens with one attached hydrogen (secondary N) is 1. The second kappa shape index (κ2) is 5.17. The Bertz CT molecular complexity index is 241. The Morgan fingerprint density at radius 3 is 2.44 bits per heavy atom. The van der Waals surface area contributed by atoms with E-state index in [1.165, 1.54) is 12.8 Å². The Morgan fingerprint density at radius 1 is 1.44 bits per heavy atom. The number of aliphatic hydroxyl groups is 1. The molecule has 1 aliphatic rings. The minimum Gasteiger partial charge on any atom is -0.391 e. The van der Waals surface area contributed by atoms with Crippen LogP contribution in [0.1, 0.15) is 47.0 Å². The van der Waals surface area contributed by atoms with Gasteiger partial charge in [0.15, 0.2) is 0 Å². The monoisotopic (exact) mass is 227 g/mol. The molecule has 0 aliphatic heterocycles. The molecule has 0 aromatic heterocycles. The zero-order chi connectivity index (χ0) is 12.3. The molecule has 16 heavy (non-hydrogen) atoms. The Balaban J connectivity index is 2.20. The highest BCUT2D eigenvalue weighted by atomic mass is 16.3. The van der Waals surface area contributed by atoms with Crippen molar-refractivity contribution >= 4 is 5.91 Å². The minimum absolute atomic E-state index is 0.0930. The van der Waals surface area contributed by atoms with Crippen molar-refractivity contribution in [3.8, 4) is 0 Å². The van der Waals surface area contributed by atoms with Crippen LogP contribution in [0.25, 0.3) is 0 Å². The maximum Gasteiger partial charge on any atom is 0.223 e. The van der Waals surface area contributed by atoms with Gasteiger partial charge in [-0.15, -0.1) is 0 Å². The number of hydrogen-bond donors (Lipinski definition) is 2. The lowest BCUT2D eigenvalue weighted by atomic mass is 9.89. The van der Waals surface area contributed by atoms with E-state index in [-0.39, 0.29) is 17.2 Å². The normalized spacial score (nSPS) is 20.3. The number of aliphatic hydroxyl groups excluding tert-OH is 1. The molecular weight excluding hydrogens is 202 g/mol. The van der Waals surface area contributed by atoms with Gasteiger partial charge in [-0.05, 0) is 30.6 Å². The van der Waals surface area contributed by atoms with Gasteiger partial charge in [-0.2, -0.15) is 0 Å². The molecule has 1 fully saturated rings. The van der Waals surface area contributed by atoms with Gasteiger partial charge >= 0.3 is 0 Å². The first-order valence-electron chi connectivity index (χ1n) is 6.25. The molecule has 94 valence electrons. The molecule has 1 aliphatic carbocycles. The molecule has 0 spiro atoms. The molecule has 2 N–H and O–H groups in total. The fourth-order valence-corrected chi connectivity index (χ4v) is 1.97. The lowest BCUT2D eigenvalue weighted by Gasteiger charge is -2.23. The summed E-state index contributed by atoms with van der Waals surface area (Å²) in [5, 5.41) is 12.6. The second-order valence-corrected chi connectivity index (χ2v) is 6.29. The van der Waals surface area contributed by atoms with Crippen molar-refractivity contribution in [2.75, 3.05) is 6.54 Å². The summed E-state index contributed by atoms with van der Waals surface area (Å²) < 4.78 is 0. The Labute approximate surface area is 98.6 Å². The maximum absolute atomic E-state index is 11.7. The van der Waals surface area contributed by atoms with Crippen molar-refractivity contribution in [2.45, 2.75) is 53.1 Å². The van der Waals surface area contributed by atoms with Crippen molar-refractivity contribution in [3.05, 3.63) is 0 Å². The van der Waals surface area contributed by atoms with Crippen LogP contribution in [0, 0.1) is 17.3 Å². The van der Waals surface area contributed by atoms with Gasteiger partial charge in [-0.1, -0.05) is 27.7 Å². The fourth-order valence-electron chi connectivity index (χ4n) is 1.97. The molecule has 1 rings (SSSR count). The predicted octanol–water partition coefficient (Wildman–Crippen LogP) is 1.95. The van der Waals surface area contributed by atoms with Gasteiger partial charge in [0.25, 0.3) is 0 Å². The number of carbonyl (C=O) groups excluding carboxylic acids is 1. The van der Waals surface area contributed by atoms with Crippen LogP contribution in [0.4, 0.5) is 0 Å². The first kappa shape index (κ1) is 13.5. The molecule has 0 bridgehead atoms. The Hall–Kier alpha value is -0.570. The first-order valence-corrected chi connectivity index (χ1v) is 6.25. The van der Waals surface area contributed by atoms with Gasteiger partial charge in [0.1, 0.15) is 0 Å². The van der Waals surface area contributed by atoms with Crippen LogP contribution < -0.4 is 5.32 Å². The van der Waals surface area contributed by atoms with Crippen molar-refractivity contribution < 1.29 is 9.90 Å². The van der Waals surface area contributed by atoms with E-state index in [2.05, 4.69) is 26.1 Å².